The van der Waals surface area contributed by atoms with Gasteiger partial charge < -0.3 is 0 Å². The predicted molar refractivity (Wildman–Crippen MR) is 75.9 cm³/mol. The maximum absolute atomic E-state index is 4.55. The second-order valence-electron chi connectivity index (χ2n) is 4.07. The van der Waals surface area contributed by atoms with Crippen LogP contribution < -0.4 is 0 Å². The summed E-state index contributed by atoms with van der Waals surface area (Å²) < 4.78 is 0. The van der Waals surface area contributed by atoms with Gasteiger partial charge in [0.2, 0.25) is 0 Å². The van der Waals surface area contributed by atoms with Gasteiger partial charge in [-0.3, -0.25) is 4.98 Å². The third kappa shape index (κ3) is 2.71. The average molecular weight is 268 g/mol. The molecule has 94 valence electrons. The number of hydrogen-bond acceptors (Lipinski definition) is 5. The number of fused-ring (bicyclic) bond motifs is 1. The Bertz CT molecular complexity index is 700. The molecule has 3 heterocycles. The standard InChI is InChI=1S/C14H12N4S/c1-10-14(19-9-11-5-2-3-7-15-11)18-13-12(17-10)6-4-8-16-13/h2-8H,9H2,1H3. The number of thioether (sulfide) groups is 1. The molecule has 3 rings (SSSR count). The first-order valence-corrected chi connectivity index (χ1v) is 6.93. The van der Waals surface area contributed by atoms with Gasteiger partial charge in [0, 0.05) is 18.1 Å². The van der Waals surface area contributed by atoms with E-state index < -0.39 is 0 Å². The Morgan fingerprint density at radius 1 is 1.00 bits per heavy atom. The molecule has 0 fully saturated rings. The van der Waals surface area contributed by atoms with Gasteiger partial charge in [-0.05, 0) is 31.2 Å². The van der Waals surface area contributed by atoms with Gasteiger partial charge in [-0.15, -0.1) is 0 Å². The van der Waals surface area contributed by atoms with E-state index in [0.29, 0.717) is 5.65 Å². The summed E-state index contributed by atoms with van der Waals surface area (Å²) >= 11 is 1.64. The summed E-state index contributed by atoms with van der Waals surface area (Å²) in [4.78, 5) is 17.6. The lowest BCUT2D eigenvalue weighted by molar-refractivity contribution is 1.02. The van der Waals surface area contributed by atoms with Crippen LogP contribution in [0, 0.1) is 6.92 Å². The SMILES string of the molecule is Cc1nc2cccnc2nc1SCc1ccccn1. The average Bonchev–Trinajstić information content (AvgIpc) is 2.46. The Hall–Kier alpha value is -2.01. The normalized spacial score (nSPS) is 10.8. The van der Waals surface area contributed by atoms with Crippen LogP contribution in [0.5, 0.6) is 0 Å². The molecule has 4 nitrogen and oxygen atoms in total. The summed E-state index contributed by atoms with van der Waals surface area (Å²) in [5.74, 6) is 0.786. The molecule has 0 aliphatic rings. The molecule has 0 saturated heterocycles. The van der Waals surface area contributed by atoms with Gasteiger partial charge in [-0.1, -0.05) is 17.8 Å². The van der Waals surface area contributed by atoms with E-state index in [1.165, 1.54) is 0 Å². The lowest BCUT2D eigenvalue weighted by Crippen LogP contribution is -1.95. The number of nitrogens with zero attached hydrogens (tertiary/aromatic N) is 4. The van der Waals surface area contributed by atoms with E-state index in [9.17, 15) is 0 Å². The van der Waals surface area contributed by atoms with Crippen molar-refractivity contribution in [1.29, 1.82) is 0 Å². The molecule has 0 aromatic carbocycles. The topological polar surface area (TPSA) is 51.6 Å². The van der Waals surface area contributed by atoms with Crippen LogP contribution in [0.25, 0.3) is 11.2 Å². The molecule has 0 unspecified atom stereocenters. The molecular formula is C14H12N4S. The van der Waals surface area contributed by atoms with Crippen molar-refractivity contribution >= 4 is 22.9 Å². The quantitative estimate of drug-likeness (QED) is 0.683. The van der Waals surface area contributed by atoms with Crippen molar-refractivity contribution < 1.29 is 0 Å². The molecule has 0 amide bonds. The highest BCUT2D eigenvalue weighted by Crippen LogP contribution is 2.23. The van der Waals surface area contributed by atoms with Crippen LogP contribution in [0.2, 0.25) is 0 Å². The monoisotopic (exact) mass is 268 g/mol. The second-order valence-corrected chi connectivity index (χ2v) is 5.03. The van der Waals surface area contributed by atoms with Gasteiger partial charge in [0.1, 0.15) is 10.5 Å². The first-order valence-electron chi connectivity index (χ1n) is 5.95. The van der Waals surface area contributed by atoms with Crippen molar-refractivity contribution in [2.45, 2.75) is 17.7 Å². The highest BCUT2D eigenvalue weighted by Gasteiger charge is 2.06. The van der Waals surface area contributed by atoms with Crippen LogP contribution in [-0.2, 0) is 5.75 Å². The number of rotatable bonds is 3. The van der Waals surface area contributed by atoms with Crippen molar-refractivity contribution in [3.8, 4) is 0 Å². The molecular weight excluding hydrogens is 256 g/mol. The van der Waals surface area contributed by atoms with Crippen molar-refractivity contribution in [2.75, 3.05) is 0 Å². The summed E-state index contributed by atoms with van der Waals surface area (Å²) in [5.41, 5.74) is 3.50. The fraction of sp³-hybridized carbons (Fsp3) is 0.143. The molecule has 0 aliphatic heterocycles. The molecule has 5 heteroatoms. The number of hydrogen-bond donors (Lipinski definition) is 0. The Balaban J connectivity index is 1.86. The Morgan fingerprint density at radius 2 is 1.89 bits per heavy atom. The van der Waals surface area contributed by atoms with Gasteiger partial charge >= 0.3 is 0 Å². The van der Waals surface area contributed by atoms with Crippen molar-refractivity contribution in [1.82, 2.24) is 19.9 Å². The van der Waals surface area contributed by atoms with E-state index in [0.717, 1.165) is 27.7 Å². The zero-order chi connectivity index (χ0) is 13.1. The maximum atomic E-state index is 4.55. The van der Waals surface area contributed by atoms with Gasteiger partial charge in [0.25, 0.3) is 0 Å². The van der Waals surface area contributed by atoms with Gasteiger partial charge in [0.05, 0.1) is 11.4 Å². The highest BCUT2D eigenvalue weighted by molar-refractivity contribution is 7.98. The van der Waals surface area contributed by atoms with E-state index in [4.69, 9.17) is 0 Å². The van der Waals surface area contributed by atoms with Crippen LogP contribution in [0.4, 0.5) is 0 Å². The summed E-state index contributed by atoms with van der Waals surface area (Å²) in [6, 6.07) is 9.71. The van der Waals surface area contributed by atoms with E-state index >= 15 is 0 Å². The molecule has 0 radical (unpaired) electrons. The van der Waals surface area contributed by atoms with E-state index in [1.54, 1.807) is 24.2 Å². The summed E-state index contributed by atoms with van der Waals surface area (Å²) in [7, 11) is 0. The number of aromatic nitrogens is 4. The lowest BCUT2D eigenvalue weighted by atomic mass is 10.4. The van der Waals surface area contributed by atoms with Crippen LogP contribution in [0.15, 0.2) is 47.8 Å². The minimum Gasteiger partial charge on any atom is -0.260 e. The number of pyridine rings is 2. The van der Waals surface area contributed by atoms with Gasteiger partial charge in [-0.25, -0.2) is 15.0 Å². The molecule has 0 spiro atoms. The predicted octanol–water partition coefficient (Wildman–Crippen LogP) is 3.02. The molecule has 0 bridgehead atoms. The first-order chi connectivity index (χ1) is 9.33. The molecule has 0 N–H and O–H groups in total. The lowest BCUT2D eigenvalue weighted by Gasteiger charge is -2.05. The maximum Gasteiger partial charge on any atom is 0.179 e. The minimum absolute atomic E-state index is 0.691. The van der Waals surface area contributed by atoms with E-state index in [1.807, 2.05) is 37.3 Å². The molecule has 3 aromatic heterocycles. The van der Waals surface area contributed by atoms with Crippen molar-refractivity contribution in [2.24, 2.45) is 0 Å². The third-order valence-electron chi connectivity index (χ3n) is 2.65. The smallest absolute Gasteiger partial charge is 0.179 e. The van der Waals surface area contributed by atoms with Gasteiger partial charge in [-0.2, -0.15) is 0 Å². The van der Waals surface area contributed by atoms with Crippen molar-refractivity contribution in [3.05, 3.63) is 54.1 Å². The first kappa shape index (κ1) is 12.0. The van der Waals surface area contributed by atoms with Crippen LogP contribution in [0.3, 0.4) is 0 Å². The van der Waals surface area contributed by atoms with Crippen molar-refractivity contribution in [3.63, 3.8) is 0 Å². The molecule has 0 saturated carbocycles. The molecule has 0 aliphatic carbocycles. The highest BCUT2D eigenvalue weighted by atomic mass is 32.2. The van der Waals surface area contributed by atoms with Crippen LogP contribution >= 0.6 is 11.8 Å². The molecule has 0 atom stereocenters. The Morgan fingerprint density at radius 3 is 2.74 bits per heavy atom. The molecule has 19 heavy (non-hydrogen) atoms. The van der Waals surface area contributed by atoms with Crippen LogP contribution in [0.1, 0.15) is 11.4 Å². The van der Waals surface area contributed by atoms with Gasteiger partial charge in [0.15, 0.2) is 5.65 Å². The summed E-state index contributed by atoms with van der Waals surface area (Å²) in [5, 5.41) is 0.914. The van der Waals surface area contributed by atoms with E-state index in [2.05, 4.69) is 19.9 Å². The fourth-order valence-electron chi connectivity index (χ4n) is 1.73. The second kappa shape index (κ2) is 5.32. The summed E-state index contributed by atoms with van der Waals surface area (Å²) in [6.07, 6.45) is 3.54. The Labute approximate surface area is 115 Å². The Kier molecular flexibility index (Phi) is 3.37. The third-order valence-corrected chi connectivity index (χ3v) is 3.75. The van der Waals surface area contributed by atoms with Crippen LogP contribution in [-0.4, -0.2) is 19.9 Å². The largest absolute Gasteiger partial charge is 0.260 e. The number of aryl methyl sites for hydroxylation is 1. The summed E-state index contributed by atoms with van der Waals surface area (Å²) in [6.45, 7) is 1.97. The molecule has 3 aromatic rings. The minimum atomic E-state index is 0.691. The zero-order valence-corrected chi connectivity index (χ0v) is 11.3. The van der Waals surface area contributed by atoms with E-state index in [-0.39, 0.29) is 0 Å². The zero-order valence-electron chi connectivity index (χ0n) is 10.4. The fourth-order valence-corrected chi connectivity index (χ4v) is 2.59.